The highest BCUT2D eigenvalue weighted by Gasteiger charge is 2.45. The number of cyclic esters (lactones) is 1. The molecule has 0 spiro atoms. The number of allylic oxidation sites excluding steroid dienone is 2. The molecule has 1 atom stereocenters. The van der Waals surface area contributed by atoms with Gasteiger partial charge >= 0.3 is 5.97 Å². The fourth-order valence-electron chi connectivity index (χ4n) is 1.95. The largest absolute Gasteiger partial charge is 0.462 e. The Hall–Kier alpha value is -1.05. The molecule has 1 aliphatic rings. The van der Waals surface area contributed by atoms with Crippen LogP contribution in [0.4, 0.5) is 0 Å². The van der Waals surface area contributed by atoms with Crippen LogP contribution in [0.5, 0.6) is 0 Å². The van der Waals surface area contributed by atoms with E-state index in [1.165, 1.54) is 0 Å². The molecule has 1 heterocycles. The number of hydrogen-bond acceptors (Lipinski definition) is 2. The topological polar surface area (TPSA) is 26.3 Å². The van der Waals surface area contributed by atoms with Gasteiger partial charge in [0, 0.05) is 6.42 Å². The van der Waals surface area contributed by atoms with Crippen LogP contribution in [0.2, 0.25) is 0 Å². The molecule has 1 rings (SSSR count). The zero-order chi connectivity index (χ0) is 9.90. The van der Waals surface area contributed by atoms with Crippen molar-refractivity contribution in [1.82, 2.24) is 0 Å². The predicted molar refractivity (Wildman–Crippen MR) is 52.2 cm³/mol. The van der Waals surface area contributed by atoms with Crippen LogP contribution < -0.4 is 0 Å². The lowest BCUT2D eigenvalue weighted by molar-refractivity contribution is -0.148. The third-order valence-electron chi connectivity index (χ3n) is 2.49. The molecule has 72 valence electrons. The van der Waals surface area contributed by atoms with Crippen LogP contribution in [0.3, 0.4) is 0 Å². The SMILES string of the molecule is C=CCC1(CC=C)CC(C)OC1=O. The Morgan fingerprint density at radius 2 is 2.08 bits per heavy atom. The minimum absolute atomic E-state index is 0.0346. The molecule has 1 aliphatic heterocycles. The lowest BCUT2D eigenvalue weighted by Crippen LogP contribution is -2.24. The molecule has 0 saturated carbocycles. The van der Waals surface area contributed by atoms with Crippen LogP contribution in [0.25, 0.3) is 0 Å². The van der Waals surface area contributed by atoms with E-state index in [2.05, 4.69) is 13.2 Å². The quantitative estimate of drug-likeness (QED) is 0.490. The van der Waals surface area contributed by atoms with Crippen molar-refractivity contribution in [3.05, 3.63) is 25.3 Å². The van der Waals surface area contributed by atoms with Crippen LogP contribution in [0.1, 0.15) is 26.2 Å². The van der Waals surface area contributed by atoms with Crippen LogP contribution in [-0.2, 0) is 9.53 Å². The van der Waals surface area contributed by atoms with Gasteiger partial charge in [-0.25, -0.2) is 0 Å². The van der Waals surface area contributed by atoms with Crippen molar-refractivity contribution >= 4 is 5.97 Å². The maximum absolute atomic E-state index is 11.6. The van der Waals surface area contributed by atoms with E-state index in [0.29, 0.717) is 12.8 Å². The van der Waals surface area contributed by atoms with Gasteiger partial charge in [0.25, 0.3) is 0 Å². The number of ether oxygens (including phenoxy) is 1. The molecule has 0 N–H and O–H groups in total. The Kier molecular flexibility index (Phi) is 2.91. The molecule has 0 amide bonds. The first kappa shape index (κ1) is 10.0. The van der Waals surface area contributed by atoms with Gasteiger partial charge in [-0.2, -0.15) is 0 Å². The van der Waals surface area contributed by atoms with E-state index < -0.39 is 0 Å². The van der Waals surface area contributed by atoms with E-state index in [-0.39, 0.29) is 17.5 Å². The summed E-state index contributed by atoms with van der Waals surface area (Å²) in [6, 6.07) is 0. The van der Waals surface area contributed by atoms with Crippen molar-refractivity contribution in [2.75, 3.05) is 0 Å². The van der Waals surface area contributed by atoms with Gasteiger partial charge in [-0.1, -0.05) is 12.2 Å². The van der Waals surface area contributed by atoms with Gasteiger partial charge in [0.1, 0.15) is 6.10 Å². The van der Waals surface area contributed by atoms with Gasteiger partial charge in [0.05, 0.1) is 5.41 Å². The highest BCUT2D eigenvalue weighted by molar-refractivity contribution is 5.79. The third-order valence-corrected chi connectivity index (χ3v) is 2.49. The third kappa shape index (κ3) is 1.82. The minimum atomic E-state index is -0.372. The van der Waals surface area contributed by atoms with Crippen LogP contribution >= 0.6 is 0 Å². The lowest BCUT2D eigenvalue weighted by atomic mass is 9.79. The monoisotopic (exact) mass is 180 g/mol. The second kappa shape index (κ2) is 3.77. The number of esters is 1. The molecular weight excluding hydrogens is 164 g/mol. The first-order valence-corrected chi connectivity index (χ1v) is 4.57. The van der Waals surface area contributed by atoms with Crippen molar-refractivity contribution < 1.29 is 9.53 Å². The molecule has 0 aliphatic carbocycles. The molecule has 13 heavy (non-hydrogen) atoms. The van der Waals surface area contributed by atoms with Crippen molar-refractivity contribution in [2.24, 2.45) is 5.41 Å². The zero-order valence-corrected chi connectivity index (χ0v) is 8.08. The summed E-state index contributed by atoms with van der Waals surface area (Å²) in [5.74, 6) is -0.0974. The number of carbonyl (C=O) groups is 1. The summed E-state index contributed by atoms with van der Waals surface area (Å²) in [5, 5.41) is 0. The minimum Gasteiger partial charge on any atom is -0.462 e. The van der Waals surface area contributed by atoms with Crippen LogP contribution in [0.15, 0.2) is 25.3 Å². The molecule has 0 bridgehead atoms. The number of hydrogen-bond donors (Lipinski definition) is 0. The maximum atomic E-state index is 11.6. The summed E-state index contributed by atoms with van der Waals surface area (Å²) in [7, 11) is 0. The van der Waals surface area contributed by atoms with E-state index in [0.717, 1.165) is 6.42 Å². The molecule has 2 nitrogen and oxygen atoms in total. The summed E-state index contributed by atoms with van der Waals surface area (Å²) in [4.78, 5) is 11.6. The van der Waals surface area contributed by atoms with E-state index in [1.54, 1.807) is 12.2 Å². The molecule has 2 heteroatoms. The molecular formula is C11H16O2. The fraction of sp³-hybridized carbons (Fsp3) is 0.545. The maximum Gasteiger partial charge on any atom is 0.313 e. The Morgan fingerprint density at radius 1 is 1.54 bits per heavy atom. The van der Waals surface area contributed by atoms with Gasteiger partial charge in [-0.15, -0.1) is 13.2 Å². The van der Waals surface area contributed by atoms with E-state index in [9.17, 15) is 4.79 Å². The van der Waals surface area contributed by atoms with Gasteiger partial charge in [0.15, 0.2) is 0 Å². The molecule has 1 saturated heterocycles. The Labute approximate surface area is 79.3 Å². The first-order chi connectivity index (χ1) is 6.14. The van der Waals surface area contributed by atoms with Crippen molar-refractivity contribution in [3.63, 3.8) is 0 Å². The molecule has 0 aromatic rings. The van der Waals surface area contributed by atoms with Crippen molar-refractivity contribution in [1.29, 1.82) is 0 Å². The Balaban J connectivity index is 2.82. The summed E-state index contributed by atoms with van der Waals surface area (Å²) in [5.41, 5.74) is -0.372. The first-order valence-electron chi connectivity index (χ1n) is 4.57. The molecule has 1 fully saturated rings. The highest BCUT2D eigenvalue weighted by Crippen LogP contribution is 2.40. The van der Waals surface area contributed by atoms with Gasteiger partial charge < -0.3 is 4.74 Å². The summed E-state index contributed by atoms with van der Waals surface area (Å²) < 4.78 is 5.15. The fourth-order valence-corrected chi connectivity index (χ4v) is 1.95. The zero-order valence-electron chi connectivity index (χ0n) is 8.08. The Morgan fingerprint density at radius 3 is 2.38 bits per heavy atom. The number of rotatable bonds is 4. The summed E-state index contributed by atoms with van der Waals surface area (Å²) in [6.07, 6.45) is 5.74. The van der Waals surface area contributed by atoms with Crippen LogP contribution in [0, 0.1) is 5.41 Å². The molecule has 1 unspecified atom stereocenters. The van der Waals surface area contributed by atoms with Crippen molar-refractivity contribution in [2.45, 2.75) is 32.3 Å². The van der Waals surface area contributed by atoms with Crippen molar-refractivity contribution in [3.8, 4) is 0 Å². The smallest absolute Gasteiger partial charge is 0.313 e. The van der Waals surface area contributed by atoms with E-state index >= 15 is 0 Å². The number of carbonyl (C=O) groups excluding carboxylic acids is 1. The van der Waals surface area contributed by atoms with Gasteiger partial charge in [-0.05, 0) is 19.8 Å². The van der Waals surface area contributed by atoms with Gasteiger partial charge in [-0.3, -0.25) is 4.79 Å². The standard InChI is InChI=1S/C11H16O2/c1-4-6-11(7-5-2)8-9(3)13-10(11)12/h4-5,9H,1-2,6-8H2,3H3. The highest BCUT2D eigenvalue weighted by atomic mass is 16.6. The summed E-state index contributed by atoms with van der Waals surface area (Å²) in [6.45, 7) is 9.26. The molecule has 0 aromatic heterocycles. The van der Waals surface area contributed by atoms with Gasteiger partial charge in [0.2, 0.25) is 0 Å². The molecule has 0 aromatic carbocycles. The second-order valence-corrected chi connectivity index (χ2v) is 3.69. The average molecular weight is 180 g/mol. The van der Waals surface area contributed by atoms with E-state index in [1.807, 2.05) is 6.92 Å². The second-order valence-electron chi connectivity index (χ2n) is 3.69. The average Bonchev–Trinajstić information content (AvgIpc) is 2.28. The molecule has 0 radical (unpaired) electrons. The van der Waals surface area contributed by atoms with Crippen LogP contribution in [-0.4, -0.2) is 12.1 Å². The normalized spacial score (nSPS) is 25.3. The lowest BCUT2D eigenvalue weighted by Gasteiger charge is -2.20. The Bertz CT molecular complexity index is 220. The summed E-state index contributed by atoms with van der Waals surface area (Å²) >= 11 is 0. The predicted octanol–water partition coefficient (Wildman–Crippen LogP) is 2.46. The van der Waals surface area contributed by atoms with E-state index in [4.69, 9.17) is 4.74 Å².